The monoisotopic (exact) mass is 299 g/mol. The third kappa shape index (κ3) is 4.51. The zero-order valence-corrected chi connectivity index (χ0v) is 11.7. The Morgan fingerprint density at radius 2 is 2.05 bits per heavy atom. The van der Waals surface area contributed by atoms with Crippen LogP contribution in [0, 0.1) is 10.1 Å². The normalized spacial score (nSPS) is 10.2. The molecule has 0 spiro atoms. The molecule has 0 radical (unpaired) electrons. The Kier molecular flexibility index (Phi) is 5.45. The summed E-state index contributed by atoms with van der Waals surface area (Å²) in [5, 5.41) is 15.5. The van der Waals surface area contributed by atoms with Crippen LogP contribution in [0.15, 0.2) is 18.2 Å². The van der Waals surface area contributed by atoms with E-state index in [0.717, 1.165) is 6.07 Å². The molecule has 8 heteroatoms. The van der Waals surface area contributed by atoms with E-state index >= 15 is 0 Å². The SMILES string of the molecule is CC(C)NC(=O)CNC(=O)c1ccc([N+](=O)[O-])cc1Cl. The van der Waals surface area contributed by atoms with Gasteiger partial charge in [0.05, 0.1) is 22.1 Å². The van der Waals surface area contributed by atoms with Gasteiger partial charge in [-0.3, -0.25) is 19.7 Å². The molecule has 0 fully saturated rings. The third-order valence-corrected chi connectivity index (χ3v) is 2.58. The molecule has 0 aliphatic heterocycles. The van der Waals surface area contributed by atoms with Crippen molar-refractivity contribution in [2.45, 2.75) is 19.9 Å². The lowest BCUT2D eigenvalue weighted by Gasteiger charge is -2.09. The number of hydrogen-bond donors (Lipinski definition) is 2. The summed E-state index contributed by atoms with van der Waals surface area (Å²) in [6.07, 6.45) is 0. The highest BCUT2D eigenvalue weighted by Gasteiger charge is 2.15. The van der Waals surface area contributed by atoms with Crippen molar-refractivity contribution in [3.8, 4) is 0 Å². The lowest BCUT2D eigenvalue weighted by Crippen LogP contribution is -2.39. The number of hydrogen-bond acceptors (Lipinski definition) is 4. The van der Waals surface area contributed by atoms with Crippen molar-refractivity contribution in [1.29, 1.82) is 0 Å². The van der Waals surface area contributed by atoms with Crippen LogP contribution in [0.4, 0.5) is 5.69 Å². The molecule has 0 aromatic heterocycles. The van der Waals surface area contributed by atoms with Crippen molar-refractivity contribution in [3.05, 3.63) is 38.9 Å². The minimum atomic E-state index is -0.607. The standard InChI is InChI=1S/C12H14ClN3O4/c1-7(2)15-11(17)6-14-12(18)9-4-3-8(16(19)20)5-10(9)13/h3-5,7H,6H2,1-2H3,(H,14,18)(H,15,17). The van der Waals surface area contributed by atoms with E-state index in [1.807, 2.05) is 0 Å². The third-order valence-electron chi connectivity index (χ3n) is 2.27. The van der Waals surface area contributed by atoms with Gasteiger partial charge in [-0.2, -0.15) is 0 Å². The summed E-state index contributed by atoms with van der Waals surface area (Å²) in [7, 11) is 0. The van der Waals surface area contributed by atoms with E-state index < -0.39 is 10.8 Å². The molecule has 7 nitrogen and oxygen atoms in total. The van der Waals surface area contributed by atoms with E-state index in [1.165, 1.54) is 12.1 Å². The quantitative estimate of drug-likeness (QED) is 0.635. The Hall–Kier alpha value is -2.15. The summed E-state index contributed by atoms with van der Waals surface area (Å²) in [4.78, 5) is 33.1. The van der Waals surface area contributed by atoms with Gasteiger partial charge in [-0.1, -0.05) is 11.6 Å². The molecule has 2 N–H and O–H groups in total. The smallest absolute Gasteiger partial charge is 0.270 e. The number of nitro benzene ring substituents is 1. The van der Waals surface area contributed by atoms with Gasteiger partial charge in [-0.25, -0.2) is 0 Å². The van der Waals surface area contributed by atoms with Crippen LogP contribution in [0.1, 0.15) is 24.2 Å². The fourth-order valence-corrected chi connectivity index (χ4v) is 1.69. The second kappa shape index (κ2) is 6.85. The number of benzene rings is 1. The topological polar surface area (TPSA) is 101 Å². The first-order valence-corrected chi connectivity index (χ1v) is 6.20. The molecule has 108 valence electrons. The van der Waals surface area contributed by atoms with Gasteiger partial charge in [0.25, 0.3) is 11.6 Å². The first-order valence-electron chi connectivity index (χ1n) is 5.82. The van der Waals surface area contributed by atoms with Crippen LogP contribution in [0.3, 0.4) is 0 Å². The van der Waals surface area contributed by atoms with Crippen LogP contribution in [-0.4, -0.2) is 29.3 Å². The Morgan fingerprint density at radius 1 is 1.40 bits per heavy atom. The number of carbonyl (C=O) groups is 2. The molecule has 1 aromatic carbocycles. The maximum Gasteiger partial charge on any atom is 0.270 e. The second-order valence-electron chi connectivity index (χ2n) is 4.33. The zero-order chi connectivity index (χ0) is 15.3. The number of nitrogens with zero attached hydrogens (tertiary/aromatic N) is 1. The van der Waals surface area contributed by atoms with Gasteiger partial charge in [0, 0.05) is 18.2 Å². The maximum absolute atomic E-state index is 11.8. The highest BCUT2D eigenvalue weighted by molar-refractivity contribution is 6.34. The number of non-ortho nitro benzene ring substituents is 1. The molecule has 0 saturated carbocycles. The Labute approximate surface area is 120 Å². The number of rotatable bonds is 5. The van der Waals surface area contributed by atoms with Crippen molar-refractivity contribution in [1.82, 2.24) is 10.6 Å². The molecule has 1 rings (SSSR count). The van der Waals surface area contributed by atoms with E-state index in [2.05, 4.69) is 10.6 Å². The Balaban J connectivity index is 2.69. The van der Waals surface area contributed by atoms with E-state index in [0.29, 0.717) is 0 Å². The molecule has 0 aliphatic carbocycles. The molecule has 0 unspecified atom stereocenters. The van der Waals surface area contributed by atoms with Crippen LogP contribution >= 0.6 is 11.6 Å². The van der Waals surface area contributed by atoms with Crippen LogP contribution in [0.2, 0.25) is 5.02 Å². The first-order chi connectivity index (χ1) is 9.31. The minimum absolute atomic E-state index is 0.0256. The van der Waals surface area contributed by atoms with Crippen molar-refractivity contribution < 1.29 is 14.5 Å². The van der Waals surface area contributed by atoms with Crippen molar-refractivity contribution in [2.24, 2.45) is 0 Å². The molecule has 20 heavy (non-hydrogen) atoms. The lowest BCUT2D eigenvalue weighted by molar-refractivity contribution is -0.384. The van der Waals surface area contributed by atoms with Crippen LogP contribution in [0.5, 0.6) is 0 Å². The van der Waals surface area contributed by atoms with Crippen LogP contribution in [-0.2, 0) is 4.79 Å². The van der Waals surface area contributed by atoms with Gasteiger partial charge < -0.3 is 10.6 Å². The van der Waals surface area contributed by atoms with Crippen molar-refractivity contribution in [2.75, 3.05) is 6.54 Å². The van der Waals surface area contributed by atoms with Crippen LogP contribution < -0.4 is 10.6 Å². The number of amides is 2. The molecular formula is C12H14ClN3O4. The van der Waals surface area contributed by atoms with Gasteiger partial charge in [0.15, 0.2) is 0 Å². The van der Waals surface area contributed by atoms with E-state index in [4.69, 9.17) is 11.6 Å². The summed E-state index contributed by atoms with van der Waals surface area (Å²) in [5.74, 6) is -0.893. The number of halogens is 1. The molecule has 0 heterocycles. The molecule has 2 amide bonds. The highest BCUT2D eigenvalue weighted by atomic mass is 35.5. The molecule has 0 atom stereocenters. The predicted molar refractivity (Wildman–Crippen MR) is 73.7 cm³/mol. The number of nitrogens with one attached hydrogen (secondary N) is 2. The summed E-state index contributed by atoms with van der Waals surface area (Å²) in [6.45, 7) is 3.41. The Morgan fingerprint density at radius 3 is 2.55 bits per heavy atom. The average Bonchev–Trinajstić information content (AvgIpc) is 2.34. The molecule has 0 bridgehead atoms. The summed E-state index contributed by atoms with van der Waals surface area (Å²) in [6, 6.07) is 3.48. The summed E-state index contributed by atoms with van der Waals surface area (Å²) in [5.41, 5.74) is -0.126. The summed E-state index contributed by atoms with van der Waals surface area (Å²) < 4.78 is 0. The average molecular weight is 300 g/mol. The number of nitro groups is 1. The maximum atomic E-state index is 11.8. The van der Waals surface area contributed by atoms with Gasteiger partial charge in [0.1, 0.15) is 0 Å². The summed E-state index contributed by atoms with van der Waals surface area (Å²) >= 11 is 5.80. The van der Waals surface area contributed by atoms with Crippen molar-refractivity contribution >= 4 is 29.1 Å². The van der Waals surface area contributed by atoms with E-state index in [9.17, 15) is 19.7 Å². The van der Waals surface area contributed by atoms with Crippen molar-refractivity contribution in [3.63, 3.8) is 0 Å². The molecule has 0 saturated heterocycles. The van der Waals surface area contributed by atoms with Crippen LogP contribution in [0.25, 0.3) is 0 Å². The second-order valence-corrected chi connectivity index (χ2v) is 4.73. The van der Waals surface area contributed by atoms with Gasteiger partial charge in [0.2, 0.25) is 5.91 Å². The largest absolute Gasteiger partial charge is 0.352 e. The van der Waals surface area contributed by atoms with Gasteiger partial charge >= 0.3 is 0 Å². The van der Waals surface area contributed by atoms with E-state index in [-0.39, 0.29) is 34.8 Å². The number of carbonyl (C=O) groups excluding carboxylic acids is 2. The van der Waals surface area contributed by atoms with E-state index in [1.54, 1.807) is 13.8 Å². The predicted octanol–water partition coefficient (Wildman–Crippen LogP) is 1.50. The minimum Gasteiger partial charge on any atom is -0.352 e. The fraction of sp³-hybridized carbons (Fsp3) is 0.333. The zero-order valence-electron chi connectivity index (χ0n) is 11.0. The van der Waals surface area contributed by atoms with Gasteiger partial charge in [-0.05, 0) is 19.9 Å². The Bertz CT molecular complexity index is 546. The molecule has 1 aromatic rings. The molecular weight excluding hydrogens is 286 g/mol. The molecule has 0 aliphatic rings. The highest BCUT2D eigenvalue weighted by Crippen LogP contribution is 2.22. The first kappa shape index (κ1) is 15.9. The fourth-order valence-electron chi connectivity index (χ4n) is 1.43. The van der Waals surface area contributed by atoms with Gasteiger partial charge in [-0.15, -0.1) is 0 Å². The lowest BCUT2D eigenvalue weighted by atomic mass is 10.2.